The minimum atomic E-state index is -3.20. The minimum absolute atomic E-state index is 0.144. The molecule has 160 valence electrons. The molecule has 0 N–H and O–H groups in total. The SMILES string of the molecule is O=C(c1ccc(C(F)(F)c2ccccc2)cc1)c1ccc(C(F)(F)c2ccccc2)cc1. The van der Waals surface area contributed by atoms with E-state index in [0.717, 1.165) is 0 Å². The summed E-state index contributed by atoms with van der Waals surface area (Å²) >= 11 is 0. The highest BCUT2D eigenvalue weighted by Crippen LogP contribution is 2.37. The second-order valence-corrected chi connectivity index (χ2v) is 7.36. The number of halogens is 4. The van der Waals surface area contributed by atoms with Gasteiger partial charge in [0.2, 0.25) is 0 Å². The number of ketones is 1. The molecule has 0 unspecified atom stereocenters. The van der Waals surface area contributed by atoms with Crippen molar-refractivity contribution < 1.29 is 22.4 Å². The van der Waals surface area contributed by atoms with E-state index in [9.17, 15) is 22.4 Å². The van der Waals surface area contributed by atoms with Crippen LogP contribution in [0.3, 0.4) is 0 Å². The van der Waals surface area contributed by atoms with Gasteiger partial charge in [0.1, 0.15) is 0 Å². The molecule has 0 aliphatic heterocycles. The Balaban J connectivity index is 1.55. The van der Waals surface area contributed by atoms with Crippen LogP contribution in [0.25, 0.3) is 0 Å². The van der Waals surface area contributed by atoms with Gasteiger partial charge in [-0.3, -0.25) is 4.79 Å². The Kier molecular flexibility index (Phi) is 5.66. The predicted molar refractivity (Wildman–Crippen MR) is 115 cm³/mol. The Morgan fingerprint density at radius 3 is 1.03 bits per heavy atom. The maximum Gasteiger partial charge on any atom is 0.298 e. The average Bonchev–Trinajstić information content (AvgIpc) is 2.85. The Labute approximate surface area is 183 Å². The monoisotopic (exact) mass is 434 g/mol. The summed E-state index contributed by atoms with van der Waals surface area (Å²) in [6, 6.07) is 24.9. The summed E-state index contributed by atoms with van der Waals surface area (Å²) in [6.45, 7) is 0. The van der Waals surface area contributed by atoms with E-state index in [1.807, 2.05) is 0 Å². The van der Waals surface area contributed by atoms with Crippen LogP contribution in [0, 0.1) is 0 Å². The lowest BCUT2D eigenvalue weighted by Gasteiger charge is -2.18. The Morgan fingerprint density at radius 1 is 0.438 bits per heavy atom. The van der Waals surface area contributed by atoms with Crippen LogP contribution in [0.4, 0.5) is 17.6 Å². The van der Waals surface area contributed by atoms with Gasteiger partial charge in [-0.2, -0.15) is 17.6 Å². The molecule has 5 heteroatoms. The number of benzene rings is 4. The van der Waals surface area contributed by atoms with E-state index in [0.29, 0.717) is 0 Å². The molecule has 0 aliphatic carbocycles. The number of rotatable bonds is 6. The first kappa shape index (κ1) is 21.5. The van der Waals surface area contributed by atoms with Crippen molar-refractivity contribution in [1.29, 1.82) is 0 Å². The zero-order chi connectivity index (χ0) is 22.8. The molecule has 0 radical (unpaired) electrons. The molecule has 0 aromatic heterocycles. The van der Waals surface area contributed by atoms with Crippen LogP contribution < -0.4 is 0 Å². The first-order valence-electron chi connectivity index (χ1n) is 9.92. The summed E-state index contributed by atoms with van der Waals surface area (Å²) < 4.78 is 58.7. The summed E-state index contributed by atoms with van der Waals surface area (Å²) in [5.41, 5.74) is -0.375. The zero-order valence-corrected chi connectivity index (χ0v) is 16.8. The summed E-state index contributed by atoms with van der Waals surface area (Å²) in [4.78, 5) is 12.7. The molecular formula is C27H18F4O. The molecule has 0 aliphatic rings. The molecule has 1 nitrogen and oxygen atoms in total. The smallest absolute Gasteiger partial charge is 0.289 e. The van der Waals surface area contributed by atoms with Crippen LogP contribution in [-0.4, -0.2) is 5.78 Å². The standard InChI is InChI=1S/C27H18F4O/c28-26(29,21-7-3-1-4-8-21)23-15-11-19(12-16-23)25(32)20-13-17-24(18-14-20)27(30,31)22-9-5-2-6-10-22/h1-18H. The fourth-order valence-electron chi connectivity index (χ4n) is 3.46. The highest BCUT2D eigenvalue weighted by Gasteiger charge is 2.35. The van der Waals surface area contributed by atoms with Gasteiger partial charge in [0, 0.05) is 33.4 Å². The fourth-order valence-corrected chi connectivity index (χ4v) is 3.46. The van der Waals surface area contributed by atoms with Gasteiger partial charge in [-0.05, 0) is 0 Å². The summed E-state index contributed by atoms with van der Waals surface area (Å²) in [5, 5.41) is 0. The first-order valence-corrected chi connectivity index (χ1v) is 9.92. The van der Waals surface area contributed by atoms with Gasteiger partial charge in [0.25, 0.3) is 11.8 Å². The normalized spacial score (nSPS) is 11.9. The molecule has 32 heavy (non-hydrogen) atoms. The number of alkyl halides is 4. The summed E-state index contributed by atoms with van der Waals surface area (Å²) in [7, 11) is 0. The number of hydrogen-bond acceptors (Lipinski definition) is 1. The van der Waals surface area contributed by atoms with Crippen LogP contribution in [0.1, 0.15) is 38.2 Å². The van der Waals surface area contributed by atoms with E-state index < -0.39 is 17.6 Å². The Hall–Kier alpha value is -3.73. The van der Waals surface area contributed by atoms with E-state index in [4.69, 9.17) is 0 Å². The molecule has 0 bridgehead atoms. The lowest BCUT2D eigenvalue weighted by Crippen LogP contribution is -2.16. The molecule has 4 aromatic rings. The highest BCUT2D eigenvalue weighted by atomic mass is 19.3. The van der Waals surface area contributed by atoms with Crippen molar-refractivity contribution in [2.75, 3.05) is 0 Å². The second kappa shape index (κ2) is 8.42. The van der Waals surface area contributed by atoms with Crippen molar-refractivity contribution in [3.05, 3.63) is 143 Å². The molecule has 4 aromatic carbocycles. The van der Waals surface area contributed by atoms with Crippen molar-refractivity contribution in [2.45, 2.75) is 11.8 Å². The summed E-state index contributed by atoms with van der Waals surface area (Å²) in [5.74, 6) is -6.84. The van der Waals surface area contributed by atoms with Crippen LogP contribution >= 0.6 is 0 Å². The Morgan fingerprint density at radius 2 is 0.719 bits per heavy atom. The molecule has 0 saturated carbocycles. The van der Waals surface area contributed by atoms with Crippen molar-refractivity contribution >= 4 is 5.78 Å². The molecule has 0 fully saturated rings. The van der Waals surface area contributed by atoms with Crippen molar-refractivity contribution in [3.8, 4) is 0 Å². The van der Waals surface area contributed by atoms with Gasteiger partial charge in [0.05, 0.1) is 0 Å². The predicted octanol–water partition coefficient (Wildman–Crippen LogP) is 7.20. The van der Waals surface area contributed by atoms with E-state index >= 15 is 0 Å². The maximum atomic E-state index is 14.7. The average molecular weight is 434 g/mol. The van der Waals surface area contributed by atoms with E-state index in [1.165, 1.54) is 97.1 Å². The molecule has 0 saturated heterocycles. The summed E-state index contributed by atoms with van der Waals surface area (Å²) in [6.07, 6.45) is 0. The quantitative estimate of drug-likeness (QED) is 0.232. The van der Waals surface area contributed by atoms with Crippen molar-refractivity contribution in [2.24, 2.45) is 0 Å². The lowest BCUT2D eigenvalue weighted by molar-refractivity contribution is 0.0423. The van der Waals surface area contributed by atoms with Gasteiger partial charge >= 0.3 is 0 Å². The zero-order valence-electron chi connectivity index (χ0n) is 16.8. The van der Waals surface area contributed by atoms with Gasteiger partial charge in [-0.25, -0.2) is 0 Å². The van der Waals surface area contributed by atoms with Crippen LogP contribution in [0.2, 0.25) is 0 Å². The molecule has 4 rings (SSSR count). The van der Waals surface area contributed by atoms with Crippen LogP contribution in [0.15, 0.2) is 109 Å². The molecule has 0 atom stereocenters. The first-order chi connectivity index (χ1) is 15.3. The fraction of sp³-hybridized carbons (Fsp3) is 0.0741. The number of hydrogen-bond donors (Lipinski definition) is 0. The van der Waals surface area contributed by atoms with Crippen molar-refractivity contribution in [1.82, 2.24) is 0 Å². The number of carbonyl (C=O) groups is 1. The van der Waals surface area contributed by atoms with E-state index in [-0.39, 0.29) is 33.4 Å². The van der Waals surface area contributed by atoms with E-state index in [1.54, 1.807) is 12.1 Å². The number of carbonyl (C=O) groups excluding carboxylic acids is 1. The van der Waals surface area contributed by atoms with Gasteiger partial charge in [-0.1, -0.05) is 109 Å². The third-order valence-corrected chi connectivity index (χ3v) is 5.29. The van der Waals surface area contributed by atoms with Gasteiger partial charge < -0.3 is 0 Å². The van der Waals surface area contributed by atoms with Crippen LogP contribution in [-0.2, 0) is 11.8 Å². The lowest BCUT2D eigenvalue weighted by atomic mass is 9.95. The van der Waals surface area contributed by atoms with Gasteiger partial charge in [0.15, 0.2) is 5.78 Å². The molecule has 0 heterocycles. The topological polar surface area (TPSA) is 17.1 Å². The van der Waals surface area contributed by atoms with Crippen LogP contribution in [0.5, 0.6) is 0 Å². The molecule has 0 amide bonds. The molecular weight excluding hydrogens is 416 g/mol. The second-order valence-electron chi connectivity index (χ2n) is 7.36. The Bertz CT molecular complexity index is 1100. The third-order valence-electron chi connectivity index (χ3n) is 5.29. The van der Waals surface area contributed by atoms with Gasteiger partial charge in [-0.15, -0.1) is 0 Å². The van der Waals surface area contributed by atoms with E-state index in [2.05, 4.69) is 0 Å². The maximum absolute atomic E-state index is 14.7. The molecule has 0 spiro atoms. The largest absolute Gasteiger partial charge is 0.298 e. The van der Waals surface area contributed by atoms with Crippen molar-refractivity contribution in [3.63, 3.8) is 0 Å². The third kappa shape index (κ3) is 4.06. The minimum Gasteiger partial charge on any atom is -0.289 e. The highest BCUT2D eigenvalue weighted by molar-refractivity contribution is 6.09.